The first kappa shape index (κ1) is 18.8. The average Bonchev–Trinajstić information content (AvgIpc) is 3.21. The van der Waals surface area contributed by atoms with Gasteiger partial charge in [-0.25, -0.2) is 0 Å². The van der Waals surface area contributed by atoms with Crippen LogP contribution in [0.1, 0.15) is 34.1 Å². The number of para-hydroxylation sites is 1. The minimum atomic E-state index is -0.222. The van der Waals surface area contributed by atoms with E-state index in [9.17, 15) is 4.79 Å². The van der Waals surface area contributed by atoms with Crippen LogP contribution >= 0.6 is 0 Å². The first-order valence-corrected chi connectivity index (χ1v) is 9.62. The first-order chi connectivity index (χ1) is 14.1. The van der Waals surface area contributed by atoms with E-state index in [2.05, 4.69) is 22.5 Å². The van der Waals surface area contributed by atoms with Crippen LogP contribution in [0.2, 0.25) is 0 Å². The van der Waals surface area contributed by atoms with Crippen molar-refractivity contribution in [3.8, 4) is 11.5 Å². The largest absolute Gasteiger partial charge is 0.454 e. The fraction of sp³-hybridized carbons (Fsp3) is 0.217. The standard InChI is InChI=1S/C23H23N3O3/c1-3-17-6-4-5-15(2)22(17)26-23(27)19-12-18(9-10-24-19)25-13-16-7-8-20-21(11-16)29-14-28-20/h4-12H,3,13-14H2,1-2H3,(H,24,25)(H,26,27). The molecule has 0 fully saturated rings. The summed E-state index contributed by atoms with van der Waals surface area (Å²) >= 11 is 0. The van der Waals surface area contributed by atoms with Crippen molar-refractivity contribution >= 4 is 17.3 Å². The SMILES string of the molecule is CCc1cccc(C)c1NC(=O)c1cc(NCc2ccc3c(c2)OCO3)ccn1. The van der Waals surface area contributed by atoms with Gasteiger partial charge in [0.1, 0.15) is 5.69 Å². The summed E-state index contributed by atoms with van der Waals surface area (Å²) in [4.78, 5) is 17.0. The van der Waals surface area contributed by atoms with Crippen molar-refractivity contribution in [2.24, 2.45) is 0 Å². The van der Waals surface area contributed by atoms with Crippen molar-refractivity contribution in [1.29, 1.82) is 0 Å². The van der Waals surface area contributed by atoms with Gasteiger partial charge in [0.15, 0.2) is 11.5 Å². The Morgan fingerprint density at radius 1 is 1.10 bits per heavy atom. The van der Waals surface area contributed by atoms with E-state index < -0.39 is 0 Å². The Hall–Kier alpha value is -3.54. The van der Waals surface area contributed by atoms with Gasteiger partial charge < -0.3 is 20.1 Å². The van der Waals surface area contributed by atoms with Crippen LogP contribution in [0.5, 0.6) is 11.5 Å². The molecule has 1 aromatic heterocycles. The third kappa shape index (κ3) is 4.16. The number of fused-ring (bicyclic) bond motifs is 1. The van der Waals surface area contributed by atoms with Gasteiger partial charge in [-0.15, -0.1) is 0 Å². The number of carbonyl (C=O) groups excluding carboxylic acids is 1. The molecule has 4 rings (SSSR count). The molecular weight excluding hydrogens is 366 g/mol. The minimum Gasteiger partial charge on any atom is -0.454 e. The Bertz CT molecular complexity index is 1050. The van der Waals surface area contributed by atoms with Gasteiger partial charge in [-0.05, 0) is 54.3 Å². The molecule has 1 amide bonds. The molecule has 0 bridgehead atoms. The predicted molar refractivity (Wildman–Crippen MR) is 113 cm³/mol. The Morgan fingerprint density at radius 2 is 1.97 bits per heavy atom. The lowest BCUT2D eigenvalue weighted by atomic mass is 10.1. The summed E-state index contributed by atoms with van der Waals surface area (Å²) in [7, 11) is 0. The third-order valence-corrected chi connectivity index (χ3v) is 4.90. The lowest BCUT2D eigenvalue weighted by molar-refractivity contribution is 0.102. The topological polar surface area (TPSA) is 72.5 Å². The summed E-state index contributed by atoms with van der Waals surface area (Å²) in [6, 6.07) is 15.5. The smallest absolute Gasteiger partial charge is 0.274 e. The number of pyridine rings is 1. The lowest BCUT2D eigenvalue weighted by Gasteiger charge is -2.13. The van der Waals surface area contributed by atoms with Crippen LogP contribution < -0.4 is 20.1 Å². The highest BCUT2D eigenvalue weighted by Gasteiger charge is 2.14. The number of ether oxygens (including phenoxy) is 2. The normalized spacial score (nSPS) is 11.9. The van der Waals surface area contributed by atoms with Crippen molar-refractivity contribution < 1.29 is 14.3 Å². The molecule has 0 aliphatic carbocycles. The van der Waals surface area contributed by atoms with E-state index in [0.717, 1.165) is 46.0 Å². The van der Waals surface area contributed by atoms with Crippen LogP contribution in [0.15, 0.2) is 54.7 Å². The molecule has 0 saturated carbocycles. The zero-order valence-corrected chi connectivity index (χ0v) is 16.5. The maximum Gasteiger partial charge on any atom is 0.274 e. The van der Waals surface area contributed by atoms with Crippen molar-refractivity contribution in [2.75, 3.05) is 17.4 Å². The summed E-state index contributed by atoms with van der Waals surface area (Å²) in [5.74, 6) is 1.30. The van der Waals surface area contributed by atoms with Crippen molar-refractivity contribution in [2.45, 2.75) is 26.8 Å². The summed E-state index contributed by atoms with van der Waals surface area (Å²) in [5.41, 5.74) is 5.25. The Balaban J connectivity index is 1.45. The van der Waals surface area contributed by atoms with Crippen LogP contribution in [0.3, 0.4) is 0 Å². The number of amides is 1. The lowest BCUT2D eigenvalue weighted by Crippen LogP contribution is -2.16. The van der Waals surface area contributed by atoms with Gasteiger partial charge in [0.05, 0.1) is 0 Å². The number of nitrogens with zero attached hydrogens (tertiary/aromatic N) is 1. The number of carbonyl (C=O) groups is 1. The van der Waals surface area contributed by atoms with Crippen LogP contribution in [0, 0.1) is 6.92 Å². The molecule has 0 spiro atoms. The molecule has 2 aromatic carbocycles. The van der Waals surface area contributed by atoms with Crippen LogP contribution in [-0.4, -0.2) is 17.7 Å². The van der Waals surface area contributed by atoms with Gasteiger partial charge in [0.25, 0.3) is 5.91 Å². The first-order valence-electron chi connectivity index (χ1n) is 9.62. The van der Waals surface area contributed by atoms with Gasteiger partial charge in [-0.2, -0.15) is 0 Å². The second-order valence-corrected chi connectivity index (χ2v) is 6.89. The van der Waals surface area contributed by atoms with E-state index in [1.807, 2.05) is 49.4 Å². The molecule has 29 heavy (non-hydrogen) atoms. The highest BCUT2D eigenvalue weighted by Crippen LogP contribution is 2.32. The molecule has 1 aliphatic heterocycles. The molecule has 3 aromatic rings. The van der Waals surface area contributed by atoms with Gasteiger partial charge >= 0.3 is 0 Å². The summed E-state index contributed by atoms with van der Waals surface area (Å²) < 4.78 is 10.8. The number of aromatic nitrogens is 1. The molecule has 0 radical (unpaired) electrons. The van der Waals surface area contributed by atoms with Crippen LogP contribution in [0.4, 0.5) is 11.4 Å². The highest BCUT2D eigenvalue weighted by atomic mass is 16.7. The zero-order valence-electron chi connectivity index (χ0n) is 16.5. The number of rotatable bonds is 6. The fourth-order valence-corrected chi connectivity index (χ4v) is 3.30. The summed E-state index contributed by atoms with van der Waals surface area (Å²) in [6.45, 7) is 4.92. The summed E-state index contributed by atoms with van der Waals surface area (Å²) in [5, 5.41) is 6.34. The number of nitrogens with one attached hydrogen (secondary N) is 2. The summed E-state index contributed by atoms with van der Waals surface area (Å²) in [6.07, 6.45) is 2.48. The van der Waals surface area contributed by atoms with Gasteiger partial charge in [0.2, 0.25) is 6.79 Å². The number of hydrogen-bond acceptors (Lipinski definition) is 5. The number of hydrogen-bond donors (Lipinski definition) is 2. The molecule has 0 unspecified atom stereocenters. The molecule has 2 N–H and O–H groups in total. The third-order valence-electron chi connectivity index (χ3n) is 4.90. The van der Waals surface area contributed by atoms with Crippen LogP contribution in [0.25, 0.3) is 0 Å². The number of anilines is 2. The molecular formula is C23H23N3O3. The Labute approximate surface area is 169 Å². The van der Waals surface area contributed by atoms with Crippen molar-refractivity contribution in [3.05, 3.63) is 77.1 Å². The average molecular weight is 389 g/mol. The van der Waals surface area contributed by atoms with E-state index in [-0.39, 0.29) is 12.7 Å². The van der Waals surface area contributed by atoms with Gasteiger partial charge in [-0.3, -0.25) is 9.78 Å². The quantitative estimate of drug-likeness (QED) is 0.647. The molecule has 0 saturated heterocycles. The maximum atomic E-state index is 12.8. The molecule has 1 aliphatic rings. The fourth-order valence-electron chi connectivity index (χ4n) is 3.30. The second kappa shape index (κ2) is 8.22. The monoisotopic (exact) mass is 389 g/mol. The highest BCUT2D eigenvalue weighted by molar-refractivity contribution is 6.04. The molecule has 0 atom stereocenters. The minimum absolute atomic E-state index is 0.222. The van der Waals surface area contributed by atoms with Crippen molar-refractivity contribution in [1.82, 2.24) is 4.98 Å². The zero-order chi connectivity index (χ0) is 20.2. The van der Waals surface area contributed by atoms with E-state index in [4.69, 9.17) is 9.47 Å². The van der Waals surface area contributed by atoms with E-state index in [1.165, 1.54) is 0 Å². The van der Waals surface area contributed by atoms with Gasteiger partial charge in [0, 0.05) is 24.1 Å². The van der Waals surface area contributed by atoms with E-state index in [1.54, 1.807) is 12.3 Å². The van der Waals surface area contributed by atoms with E-state index in [0.29, 0.717) is 12.2 Å². The number of benzene rings is 2. The Kier molecular flexibility index (Phi) is 5.33. The van der Waals surface area contributed by atoms with Crippen molar-refractivity contribution in [3.63, 3.8) is 0 Å². The molecule has 6 nitrogen and oxygen atoms in total. The Morgan fingerprint density at radius 3 is 2.83 bits per heavy atom. The molecule has 6 heteroatoms. The van der Waals surface area contributed by atoms with E-state index >= 15 is 0 Å². The predicted octanol–water partition coefficient (Wildman–Crippen LogP) is 4.55. The maximum absolute atomic E-state index is 12.8. The van der Waals surface area contributed by atoms with Crippen LogP contribution in [-0.2, 0) is 13.0 Å². The second-order valence-electron chi connectivity index (χ2n) is 6.89. The molecule has 148 valence electrons. The number of aryl methyl sites for hydroxylation is 2. The molecule has 2 heterocycles. The van der Waals surface area contributed by atoms with Gasteiger partial charge in [-0.1, -0.05) is 31.2 Å².